The van der Waals surface area contributed by atoms with Crippen LogP contribution in [0.1, 0.15) is 6.92 Å². The van der Waals surface area contributed by atoms with Crippen molar-refractivity contribution in [1.29, 1.82) is 0 Å². The molecule has 0 heterocycles. The van der Waals surface area contributed by atoms with E-state index < -0.39 is 24.5 Å². The fraction of sp³-hybridized carbons (Fsp3) is 0.333. The average Bonchev–Trinajstić information content (AvgIpc) is 2.14. The molecule has 78 valence electrons. The van der Waals surface area contributed by atoms with Crippen LogP contribution in [0.15, 0.2) is 24.3 Å². The topological polar surface area (TPSA) is 86.6 Å². The molecule has 0 aliphatic rings. The SMILES string of the molecule is C/C=C/C=C/C(=O)NC(CO)C(=O)O. The lowest BCUT2D eigenvalue weighted by molar-refractivity contribution is -0.142. The van der Waals surface area contributed by atoms with Crippen LogP contribution in [-0.2, 0) is 9.59 Å². The molecule has 0 aromatic heterocycles. The van der Waals surface area contributed by atoms with Gasteiger partial charge in [-0.25, -0.2) is 4.79 Å². The highest BCUT2D eigenvalue weighted by atomic mass is 16.4. The summed E-state index contributed by atoms with van der Waals surface area (Å²) in [4.78, 5) is 21.4. The molecule has 14 heavy (non-hydrogen) atoms. The van der Waals surface area contributed by atoms with Crippen LogP contribution in [-0.4, -0.2) is 34.7 Å². The van der Waals surface area contributed by atoms with Gasteiger partial charge in [0.05, 0.1) is 6.61 Å². The molecule has 0 spiro atoms. The molecule has 0 aliphatic heterocycles. The molecule has 1 unspecified atom stereocenters. The molecule has 0 fully saturated rings. The first-order valence-corrected chi connectivity index (χ1v) is 4.05. The van der Waals surface area contributed by atoms with Crippen molar-refractivity contribution in [2.24, 2.45) is 0 Å². The van der Waals surface area contributed by atoms with E-state index in [1.54, 1.807) is 19.1 Å². The molecule has 0 radical (unpaired) electrons. The van der Waals surface area contributed by atoms with E-state index >= 15 is 0 Å². The van der Waals surface area contributed by atoms with Gasteiger partial charge in [0.15, 0.2) is 6.04 Å². The summed E-state index contributed by atoms with van der Waals surface area (Å²) in [6, 6.07) is -1.25. The van der Waals surface area contributed by atoms with Crippen LogP contribution >= 0.6 is 0 Å². The highest BCUT2D eigenvalue weighted by Gasteiger charge is 2.16. The van der Waals surface area contributed by atoms with E-state index in [1.165, 1.54) is 12.2 Å². The largest absolute Gasteiger partial charge is 0.480 e. The predicted octanol–water partition coefficient (Wildman–Crippen LogP) is -0.320. The predicted molar refractivity (Wildman–Crippen MR) is 50.6 cm³/mol. The van der Waals surface area contributed by atoms with E-state index in [0.717, 1.165) is 0 Å². The fourth-order valence-corrected chi connectivity index (χ4v) is 0.659. The van der Waals surface area contributed by atoms with Gasteiger partial charge in [-0.15, -0.1) is 0 Å². The van der Waals surface area contributed by atoms with Crippen LogP contribution in [0.25, 0.3) is 0 Å². The third-order valence-electron chi connectivity index (χ3n) is 1.35. The molecule has 0 rings (SSSR count). The number of aliphatic carboxylic acids is 1. The Morgan fingerprint density at radius 3 is 2.50 bits per heavy atom. The second-order valence-corrected chi connectivity index (χ2v) is 2.47. The number of carboxylic acids is 1. The molecule has 0 bridgehead atoms. The van der Waals surface area contributed by atoms with Gasteiger partial charge < -0.3 is 15.5 Å². The highest BCUT2D eigenvalue weighted by molar-refractivity contribution is 5.91. The number of carbonyl (C=O) groups is 2. The zero-order valence-electron chi connectivity index (χ0n) is 7.80. The Bertz CT molecular complexity index is 258. The third-order valence-corrected chi connectivity index (χ3v) is 1.35. The van der Waals surface area contributed by atoms with Gasteiger partial charge in [-0.2, -0.15) is 0 Å². The van der Waals surface area contributed by atoms with Gasteiger partial charge in [-0.05, 0) is 6.92 Å². The molecule has 3 N–H and O–H groups in total. The number of carbonyl (C=O) groups excluding carboxylic acids is 1. The van der Waals surface area contributed by atoms with E-state index in [2.05, 4.69) is 5.32 Å². The lowest BCUT2D eigenvalue weighted by Crippen LogP contribution is -2.42. The van der Waals surface area contributed by atoms with Gasteiger partial charge in [-0.1, -0.05) is 18.2 Å². The van der Waals surface area contributed by atoms with Gasteiger partial charge in [0.25, 0.3) is 0 Å². The smallest absolute Gasteiger partial charge is 0.328 e. The number of carboxylic acid groups (broad SMARTS) is 1. The van der Waals surface area contributed by atoms with E-state index in [0.29, 0.717) is 0 Å². The van der Waals surface area contributed by atoms with Crippen molar-refractivity contribution in [2.75, 3.05) is 6.61 Å². The van der Waals surface area contributed by atoms with E-state index in [9.17, 15) is 9.59 Å². The van der Waals surface area contributed by atoms with Gasteiger partial charge in [0.1, 0.15) is 0 Å². The summed E-state index contributed by atoms with van der Waals surface area (Å²) in [5.74, 6) is -1.81. The molecule has 5 heteroatoms. The number of allylic oxidation sites excluding steroid dienone is 3. The lowest BCUT2D eigenvalue weighted by Gasteiger charge is -2.08. The summed E-state index contributed by atoms with van der Waals surface area (Å²) in [6.07, 6.45) is 6.02. The van der Waals surface area contributed by atoms with Gasteiger partial charge >= 0.3 is 5.97 Å². The standard InChI is InChI=1S/C9H13NO4/c1-2-3-4-5-8(12)10-7(6-11)9(13)14/h2-5,7,11H,6H2,1H3,(H,10,12)(H,13,14)/b3-2+,5-4+. The molecular formula is C9H13NO4. The maximum absolute atomic E-state index is 11.0. The molecule has 1 amide bonds. The molecule has 1 atom stereocenters. The Hall–Kier alpha value is -1.62. The number of aliphatic hydroxyl groups excluding tert-OH is 1. The molecule has 5 nitrogen and oxygen atoms in total. The lowest BCUT2D eigenvalue weighted by atomic mass is 10.3. The normalized spacial score (nSPS) is 13.3. The summed E-state index contributed by atoms with van der Waals surface area (Å²) in [5.41, 5.74) is 0. The first-order chi connectivity index (χ1) is 6.61. The first-order valence-electron chi connectivity index (χ1n) is 4.05. The number of rotatable bonds is 5. The summed E-state index contributed by atoms with van der Waals surface area (Å²) >= 11 is 0. The van der Waals surface area contributed by atoms with Crippen LogP contribution in [0.5, 0.6) is 0 Å². The summed E-state index contributed by atoms with van der Waals surface area (Å²) in [7, 11) is 0. The summed E-state index contributed by atoms with van der Waals surface area (Å²) < 4.78 is 0. The highest BCUT2D eigenvalue weighted by Crippen LogP contribution is 1.84. The molecule has 0 aliphatic carbocycles. The first kappa shape index (κ1) is 12.4. The van der Waals surface area contributed by atoms with Gasteiger partial charge in [0, 0.05) is 6.08 Å². The monoisotopic (exact) mass is 199 g/mol. The van der Waals surface area contributed by atoms with Crippen molar-refractivity contribution in [3.05, 3.63) is 24.3 Å². The van der Waals surface area contributed by atoms with Gasteiger partial charge in [-0.3, -0.25) is 4.79 Å². The minimum atomic E-state index is -1.26. The van der Waals surface area contributed by atoms with Crippen LogP contribution in [0, 0.1) is 0 Å². The molecular weight excluding hydrogens is 186 g/mol. The minimum absolute atomic E-state index is 0.551. The quantitative estimate of drug-likeness (QED) is 0.418. The summed E-state index contributed by atoms with van der Waals surface area (Å²) in [6.45, 7) is 1.16. The van der Waals surface area contributed by atoms with E-state index in [4.69, 9.17) is 10.2 Å². The number of hydrogen-bond acceptors (Lipinski definition) is 3. The third kappa shape index (κ3) is 5.10. The van der Waals surface area contributed by atoms with Crippen molar-refractivity contribution in [2.45, 2.75) is 13.0 Å². The Kier molecular flexibility index (Phi) is 6.06. The van der Waals surface area contributed by atoms with Crippen LogP contribution in [0.3, 0.4) is 0 Å². The molecule has 0 aromatic rings. The Balaban J connectivity index is 4.09. The second-order valence-electron chi connectivity index (χ2n) is 2.47. The Morgan fingerprint density at radius 1 is 1.43 bits per heavy atom. The van der Waals surface area contributed by atoms with Crippen molar-refractivity contribution in [3.63, 3.8) is 0 Å². The molecule has 0 aromatic carbocycles. The maximum atomic E-state index is 11.0. The second kappa shape index (κ2) is 6.85. The Morgan fingerprint density at radius 2 is 2.07 bits per heavy atom. The summed E-state index contributed by atoms with van der Waals surface area (Å²) in [5, 5.41) is 19.2. The van der Waals surface area contributed by atoms with Crippen LogP contribution in [0.4, 0.5) is 0 Å². The maximum Gasteiger partial charge on any atom is 0.328 e. The van der Waals surface area contributed by atoms with Crippen LogP contribution in [0.2, 0.25) is 0 Å². The van der Waals surface area contributed by atoms with Crippen molar-refractivity contribution in [1.82, 2.24) is 5.32 Å². The Labute approximate surface area is 81.7 Å². The fourth-order valence-electron chi connectivity index (χ4n) is 0.659. The number of amides is 1. The van der Waals surface area contributed by atoms with Gasteiger partial charge in [0.2, 0.25) is 5.91 Å². The van der Waals surface area contributed by atoms with Crippen molar-refractivity contribution < 1.29 is 19.8 Å². The zero-order valence-corrected chi connectivity index (χ0v) is 7.80. The number of nitrogens with one attached hydrogen (secondary N) is 1. The van der Waals surface area contributed by atoms with E-state index in [-0.39, 0.29) is 0 Å². The molecule has 0 saturated heterocycles. The van der Waals surface area contributed by atoms with E-state index in [1.807, 2.05) is 0 Å². The minimum Gasteiger partial charge on any atom is -0.480 e. The number of aliphatic hydroxyl groups is 1. The number of hydrogen-bond donors (Lipinski definition) is 3. The molecule has 0 saturated carbocycles. The average molecular weight is 199 g/mol. The zero-order chi connectivity index (χ0) is 11.0. The van der Waals surface area contributed by atoms with Crippen LogP contribution < -0.4 is 5.32 Å². The van der Waals surface area contributed by atoms with Crippen molar-refractivity contribution >= 4 is 11.9 Å². The van der Waals surface area contributed by atoms with Crippen molar-refractivity contribution in [3.8, 4) is 0 Å².